The van der Waals surface area contributed by atoms with Crippen LogP contribution in [0.2, 0.25) is 0 Å². The second-order valence-corrected chi connectivity index (χ2v) is 5.53. The third-order valence-electron chi connectivity index (χ3n) is 3.87. The third-order valence-corrected chi connectivity index (χ3v) is 3.87. The summed E-state index contributed by atoms with van der Waals surface area (Å²) in [5.74, 6) is 0.436. The van der Waals surface area contributed by atoms with Crippen molar-refractivity contribution in [3.63, 3.8) is 0 Å². The van der Waals surface area contributed by atoms with Crippen molar-refractivity contribution >= 4 is 5.91 Å². The summed E-state index contributed by atoms with van der Waals surface area (Å²) in [5.41, 5.74) is 0.0317. The molecule has 1 saturated heterocycles. The minimum atomic E-state index is -0.497. The molecule has 1 fully saturated rings. The highest BCUT2D eigenvalue weighted by Gasteiger charge is 2.31. The summed E-state index contributed by atoms with van der Waals surface area (Å²) in [4.78, 5) is 20.4. The van der Waals surface area contributed by atoms with Crippen molar-refractivity contribution < 1.29 is 9.53 Å². The predicted octanol–water partition coefficient (Wildman–Crippen LogP) is 1.15. The van der Waals surface area contributed by atoms with Crippen molar-refractivity contribution in [3.8, 4) is 11.8 Å². The van der Waals surface area contributed by atoms with Gasteiger partial charge in [-0.05, 0) is 19.9 Å². The van der Waals surface area contributed by atoms with E-state index in [2.05, 4.69) is 16.0 Å². The van der Waals surface area contributed by atoms with E-state index in [1.165, 1.54) is 7.11 Å². The molecule has 0 spiro atoms. The number of carbonyl (C=O) groups is 1. The molecule has 1 aromatic rings. The molecular formula is C15H20N4O2. The fourth-order valence-electron chi connectivity index (χ4n) is 2.43. The number of piperazine rings is 1. The van der Waals surface area contributed by atoms with Crippen LogP contribution in [0.1, 0.15) is 24.2 Å². The van der Waals surface area contributed by atoms with Crippen molar-refractivity contribution in [1.29, 1.82) is 5.26 Å². The molecule has 0 N–H and O–H groups in total. The fourth-order valence-corrected chi connectivity index (χ4v) is 2.43. The Hall–Kier alpha value is -2.13. The molecule has 2 heterocycles. The Morgan fingerprint density at radius 1 is 1.38 bits per heavy atom. The lowest BCUT2D eigenvalue weighted by Gasteiger charge is -2.40. The van der Waals surface area contributed by atoms with Gasteiger partial charge in [-0.25, -0.2) is 0 Å². The third kappa shape index (κ3) is 3.14. The summed E-state index contributed by atoms with van der Waals surface area (Å²) in [6.45, 7) is 6.40. The smallest absolute Gasteiger partial charge is 0.257 e. The number of rotatable bonds is 3. The molecular weight excluding hydrogens is 268 g/mol. The van der Waals surface area contributed by atoms with E-state index >= 15 is 0 Å². The van der Waals surface area contributed by atoms with E-state index < -0.39 is 5.54 Å². The van der Waals surface area contributed by atoms with E-state index in [1.54, 1.807) is 23.4 Å². The number of hydrogen-bond donors (Lipinski definition) is 0. The molecule has 21 heavy (non-hydrogen) atoms. The molecule has 6 nitrogen and oxygen atoms in total. The van der Waals surface area contributed by atoms with Gasteiger partial charge in [-0.1, -0.05) is 0 Å². The van der Waals surface area contributed by atoms with Crippen LogP contribution in [0, 0.1) is 11.3 Å². The molecule has 0 aliphatic carbocycles. The van der Waals surface area contributed by atoms with Gasteiger partial charge in [-0.3, -0.25) is 14.7 Å². The summed E-state index contributed by atoms with van der Waals surface area (Å²) in [6.07, 6.45) is 3.13. The van der Waals surface area contributed by atoms with Crippen LogP contribution >= 0.6 is 0 Å². The average Bonchev–Trinajstić information content (AvgIpc) is 2.54. The van der Waals surface area contributed by atoms with E-state index in [1.807, 2.05) is 13.8 Å². The van der Waals surface area contributed by atoms with Crippen LogP contribution in [0.15, 0.2) is 18.5 Å². The lowest BCUT2D eigenvalue weighted by molar-refractivity contribution is 0.0518. The molecule has 0 radical (unpaired) electrons. The first-order valence-electron chi connectivity index (χ1n) is 6.93. The van der Waals surface area contributed by atoms with Gasteiger partial charge in [0.1, 0.15) is 11.3 Å². The van der Waals surface area contributed by atoms with Crippen LogP contribution in [0.4, 0.5) is 0 Å². The first-order valence-corrected chi connectivity index (χ1v) is 6.93. The molecule has 0 bridgehead atoms. The number of carbonyl (C=O) groups excluding carboxylic acids is 1. The zero-order valence-corrected chi connectivity index (χ0v) is 12.7. The van der Waals surface area contributed by atoms with Gasteiger partial charge in [-0.15, -0.1) is 0 Å². The quantitative estimate of drug-likeness (QED) is 0.834. The van der Waals surface area contributed by atoms with Gasteiger partial charge in [0.15, 0.2) is 0 Å². The standard InChI is InChI=1S/C15H20N4O2/c1-15(2,11-16)19-8-6-18(7-9-19)14(20)12-4-5-17-10-13(12)21-3/h4-5,10H,6-9H2,1-3H3. The van der Waals surface area contributed by atoms with Gasteiger partial charge in [0.25, 0.3) is 5.91 Å². The highest BCUT2D eigenvalue weighted by molar-refractivity contribution is 5.96. The minimum Gasteiger partial charge on any atom is -0.494 e. The molecule has 1 aliphatic rings. The largest absolute Gasteiger partial charge is 0.494 e. The maximum absolute atomic E-state index is 12.5. The van der Waals surface area contributed by atoms with Gasteiger partial charge in [0.2, 0.25) is 0 Å². The summed E-state index contributed by atoms with van der Waals surface area (Å²) in [6, 6.07) is 3.97. The Morgan fingerprint density at radius 3 is 2.62 bits per heavy atom. The number of aromatic nitrogens is 1. The molecule has 0 unspecified atom stereocenters. The second kappa shape index (κ2) is 6.10. The van der Waals surface area contributed by atoms with Crippen LogP contribution in [-0.2, 0) is 0 Å². The van der Waals surface area contributed by atoms with Gasteiger partial charge < -0.3 is 9.64 Å². The minimum absolute atomic E-state index is 0.0522. The highest BCUT2D eigenvalue weighted by atomic mass is 16.5. The molecule has 1 aromatic heterocycles. The molecule has 0 saturated carbocycles. The van der Waals surface area contributed by atoms with Crippen LogP contribution < -0.4 is 4.74 Å². The van der Waals surface area contributed by atoms with Gasteiger partial charge >= 0.3 is 0 Å². The molecule has 1 aliphatic heterocycles. The number of methoxy groups -OCH3 is 1. The van der Waals surface area contributed by atoms with E-state index in [9.17, 15) is 10.1 Å². The topological polar surface area (TPSA) is 69.5 Å². The second-order valence-electron chi connectivity index (χ2n) is 5.53. The molecule has 6 heteroatoms. The van der Waals surface area contributed by atoms with E-state index in [-0.39, 0.29) is 5.91 Å². The first kappa shape index (κ1) is 15.3. The summed E-state index contributed by atoms with van der Waals surface area (Å²) in [5, 5.41) is 9.17. The zero-order valence-electron chi connectivity index (χ0n) is 12.7. The van der Waals surface area contributed by atoms with Crippen LogP contribution in [0.5, 0.6) is 5.75 Å². The number of hydrogen-bond acceptors (Lipinski definition) is 5. The zero-order chi connectivity index (χ0) is 15.5. The van der Waals surface area contributed by atoms with Crippen molar-refractivity contribution in [2.75, 3.05) is 33.3 Å². The van der Waals surface area contributed by atoms with E-state index in [0.29, 0.717) is 37.5 Å². The maximum atomic E-state index is 12.5. The predicted molar refractivity (Wildman–Crippen MR) is 78.0 cm³/mol. The van der Waals surface area contributed by atoms with E-state index in [4.69, 9.17) is 4.74 Å². The van der Waals surface area contributed by atoms with Crippen molar-refractivity contribution in [2.45, 2.75) is 19.4 Å². The monoisotopic (exact) mass is 288 g/mol. The number of pyridine rings is 1. The van der Waals surface area contributed by atoms with Crippen molar-refractivity contribution in [1.82, 2.24) is 14.8 Å². The Labute approximate surface area is 124 Å². The molecule has 2 rings (SSSR count). The van der Waals surface area contributed by atoms with Crippen molar-refractivity contribution in [2.24, 2.45) is 0 Å². The summed E-state index contributed by atoms with van der Waals surface area (Å²) in [7, 11) is 1.53. The Morgan fingerprint density at radius 2 is 2.05 bits per heavy atom. The molecule has 112 valence electrons. The number of nitrogens with zero attached hydrogens (tertiary/aromatic N) is 4. The average molecular weight is 288 g/mol. The Balaban J connectivity index is 2.06. The Bertz CT molecular complexity index is 557. The number of ether oxygens (including phenoxy) is 1. The SMILES string of the molecule is COc1cnccc1C(=O)N1CCN(C(C)(C)C#N)CC1. The lowest BCUT2D eigenvalue weighted by atomic mass is 10.0. The summed E-state index contributed by atoms with van der Waals surface area (Å²) < 4.78 is 5.19. The molecule has 1 amide bonds. The lowest BCUT2D eigenvalue weighted by Crippen LogP contribution is -2.55. The van der Waals surface area contributed by atoms with Gasteiger partial charge in [0.05, 0.1) is 24.9 Å². The van der Waals surface area contributed by atoms with Gasteiger partial charge in [0, 0.05) is 32.4 Å². The van der Waals surface area contributed by atoms with Crippen molar-refractivity contribution in [3.05, 3.63) is 24.0 Å². The highest BCUT2D eigenvalue weighted by Crippen LogP contribution is 2.21. The summed E-state index contributed by atoms with van der Waals surface area (Å²) >= 11 is 0. The van der Waals surface area contributed by atoms with Crippen LogP contribution in [-0.4, -0.2) is 59.5 Å². The van der Waals surface area contributed by atoms with E-state index in [0.717, 1.165) is 0 Å². The van der Waals surface area contributed by atoms with Crippen LogP contribution in [0.3, 0.4) is 0 Å². The maximum Gasteiger partial charge on any atom is 0.257 e. The normalized spacial score (nSPS) is 16.4. The first-order chi connectivity index (χ1) is 9.99. The fraction of sp³-hybridized carbons (Fsp3) is 0.533. The number of amides is 1. The van der Waals surface area contributed by atoms with Gasteiger partial charge in [-0.2, -0.15) is 5.26 Å². The Kier molecular flexibility index (Phi) is 4.43. The number of nitriles is 1. The molecule has 0 atom stereocenters. The van der Waals surface area contributed by atoms with Crippen LogP contribution in [0.25, 0.3) is 0 Å². The molecule has 0 aromatic carbocycles.